The van der Waals surface area contributed by atoms with Crippen molar-refractivity contribution in [2.45, 2.75) is 18.1 Å². The lowest BCUT2D eigenvalue weighted by atomic mass is 10.1. The standard InChI is InChI=1S/C12H16ClNS/c1-10-9-14(6-7-15-10)12-5-3-2-4-11(12)8-13/h2-5,10H,6-9H2,1H3. The van der Waals surface area contributed by atoms with Crippen molar-refractivity contribution >= 4 is 29.1 Å². The summed E-state index contributed by atoms with van der Waals surface area (Å²) >= 11 is 8.01. The Bertz CT molecular complexity index is 329. The molecular weight excluding hydrogens is 226 g/mol. The van der Waals surface area contributed by atoms with Crippen LogP contribution in [-0.2, 0) is 5.88 Å². The van der Waals surface area contributed by atoms with Crippen LogP contribution in [0, 0.1) is 0 Å². The maximum absolute atomic E-state index is 5.96. The van der Waals surface area contributed by atoms with E-state index in [1.807, 2.05) is 0 Å². The summed E-state index contributed by atoms with van der Waals surface area (Å²) in [4.78, 5) is 2.46. The molecular formula is C12H16ClNS. The third kappa shape index (κ3) is 2.61. The van der Waals surface area contributed by atoms with E-state index in [1.54, 1.807) is 0 Å². The lowest BCUT2D eigenvalue weighted by Gasteiger charge is -2.33. The smallest absolute Gasteiger partial charge is 0.0494 e. The normalized spacial score (nSPS) is 21.7. The first-order valence-electron chi connectivity index (χ1n) is 5.31. The number of nitrogens with zero attached hydrogens (tertiary/aromatic N) is 1. The number of alkyl halides is 1. The first-order chi connectivity index (χ1) is 7.31. The van der Waals surface area contributed by atoms with Gasteiger partial charge in [0.15, 0.2) is 0 Å². The molecule has 0 aliphatic carbocycles. The minimum absolute atomic E-state index is 0.605. The van der Waals surface area contributed by atoms with E-state index in [1.165, 1.54) is 17.0 Å². The van der Waals surface area contributed by atoms with Gasteiger partial charge in [0, 0.05) is 35.7 Å². The van der Waals surface area contributed by atoms with Crippen LogP contribution in [0.1, 0.15) is 12.5 Å². The van der Waals surface area contributed by atoms with Crippen LogP contribution in [0.15, 0.2) is 24.3 Å². The lowest BCUT2D eigenvalue weighted by Crippen LogP contribution is -2.37. The van der Waals surface area contributed by atoms with Crippen LogP contribution >= 0.6 is 23.4 Å². The molecule has 0 aromatic heterocycles. The van der Waals surface area contributed by atoms with Crippen molar-refractivity contribution < 1.29 is 0 Å². The van der Waals surface area contributed by atoms with Crippen LogP contribution in [0.3, 0.4) is 0 Å². The van der Waals surface area contributed by atoms with Crippen LogP contribution < -0.4 is 4.90 Å². The molecule has 0 spiro atoms. The minimum atomic E-state index is 0.605. The number of hydrogen-bond acceptors (Lipinski definition) is 2. The number of halogens is 1. The fraction of sp³-hybridized carbons (Fsp3) is 0.500. The Hall–Kier alpha value is -0.340. The maximum atomic E-state index is 5.96. The average Bonchev–Trinajstić information content (AvgIpc) is 2.29. The quantitative estimate of drug-likeness (QED) is 0.731. The van der Waals surface area contributed by atoms with Gasteiger partial charge < -0.3 is 4.90 Å². The van der Waals surface area contributed by atoms with Crippen molar-refractivity contribution in [1.29, 1.82) is 0 Å². The van der Waals surface area contributed by atoms with Crippen molar-refractivity contribution in [3.63, 3.8) is 0 Å². The van der Waals surface area contributed by atoms with Crippen molar-refractivity contribution in [2.24, 2.45) is 0 Å². The first kappa shape index (κ1) is 11.2. The average molecular weight is 242 g/mol. The molecule has 1 heterocycles. The van der Waals surface area contributed by atoms with Gasteiger partial charge in [-0.05, 0) is 11.6 Å². The van der Waals surface area contributed by atoms with Crippen molar-refractivity contribution in [2.75, 3.05) is 23.7 Å². The van der Waals surface area contributed by atoms with Gasteiger partial charge in [0.2, 0.25) is 0 Å². The topological polar surface area (TPSA) is 3.24 Å². The van der Waals surface area contributed by atoms with E-state index in [9.17, 15) is 0 Å². The van der Waals surface area contributed by atoms with Crippen LogP contribution in [0.5, 0.6) is 0 Å². The molecule has 15 heavy (non-hydrogen) atoms. The molecule has 1 fully saturated rings. The summed E-state index contributed by atoms with van der Waals surface area (Å²) in [6.07, 6.45) is 0. The Morgan fingerprint density at radius 3 is 3.00 bits per heavy atom. The van der Waals surface area contributed by atoms with Gasteiger partial charge in [0.05, 0.1) is 0 Å². The van der Waals surface area contributed by atoms with Gasteiger partial charge in [-0.15, -0.1) is 11.6 Å². The van der Waals surface area contributed by atoms with E-state index in [0.717, 1.165) is 18.3 Å². The first-order valence-corrected chi connectivity index (χ1v) is 6.90. The molecule has 1 aliphatic rings. The van der Waals surface area contributed by atoms with Crippen molar-refractivity contribution in [3.8, 4) is 0 Å². The van der Waals surface area contributed by atoms with E-state index in [0.29, 0.717) is 5.88 Å². The molecule has 1 nitrogen and oxygen atoms in total. The highest BCUT2D eigenvalue weighted by Crippen LogP contribution is 2.27. The van der Waals surface area contributed by atoms with Crippen LogP contribution in [-0.4, -0.2) is 24.1 Å². The zero-order valence-corrected chi connectivity index (χ0v) is 10.5. The number of para-hydroxylation sites is 1. The van der Waals surface area contributed by atoms with E-state index in [2.05, 4.69) is 47.9 Å². The van der Waals surface area contributed by atoms with Crippen LogP contribution in [0.2, 0.25) is 0 Å². The highest BCUT2D eigenvalue weighted by Gasteiger charge is 2.18. The number of hydrogen-bond donors (Lipinski definition) is 0. The maximum Gasteiger partial charge on any atom is 0.0494 e. The molecule has 2 rings (SSSR count). The van der Waals surface area contributed by atoms with Crippen molar-refractivity contribution in [1.82, 2.24) is 0 Å². The van der Waals surface area contributed by atoms with Crippen LogP contribution in [0.25, 0.3) is 0 Å². The molecule has 82 valence electrons. The number of benzene rings is 1. The number of thioether (sulfide) groups is 1. The largest absolute Gasteiger partial charge is 0.369 e. The molecule has 0 amide bonds. The molecule has 1 unspecified atom stereocenters. The third-order valence-electron chi connectivity index (χ3n) is 2.72. The zero-order chi connectivity index (χ0) is 10.7. The fourth-order valence-electron chi connectivity index (χ4n) is 1.97. The summed E-state index contributed by atoms with van der Waals surface area (Å²) < 4.78 is 0. The fourth-order valence-corrected chi connectivity index (χ4v) is 3.21. The highest BCUT2D eigenvalue weighted by atomic mass is 35.5. The lowest BCUT2D eigenvalue weighted by molar-refractivity contribution is 0.780. The number of rotatable bonds is 2. The SMILES string of the molecule is CC1CN(c2ccccc2CCl)CCS1. The van der Waals surface area contributed by atoms with Gasteiger partial charge in [-0.1, -0.05) is 25.1 Å². The molecule has 0 N–H and O–H groups in total. The minimum Gasteiger partial charge on any atom is -0.369 e. The molecule has 1 aromatic rings. The summed E-state index contributed by atoms with van der Waals surface area (Å²) in [5.41, 5.74) is 2.57. The molecule has 1 atom stereocenters. The third-order valence-corrected chi connectivity index (χ3v) is 4.14. The Morgan fingerprint density at radius 2 is 2.27 bits per heavy atom. The second-order valence-corrected chi connectivity index (χ2v) is 5.70. The van der Waals surface area contributed by atoms with E-state index in [4.69, 9.17) is 11.6 Å². The zero-order valence-electron chi connectivity index (χ0n) is 8.95. The van der Waals surface area contributed by atoms with Gasteiger partial charge in [-0.2, -0.15) is 11.8 Å². The second-order valence-electron chi connectivity index (χ2n) is 3.89. The Balaban J connectivity index is 2.20. The molecule has 1 aliphatic heterocycles. The monoisotopic (exact) mass is 241 g/mol. The summed E-state index contributed by atoms with van der Waals surface area (Å²) in [6, 6.07) is 8.45. The summed E-state index contributed by atoms with van der Waals surface area (Å²) in [5, 5.41) is 0.724. The highest BCUT2D eigenvalue weighted by molar-refractivity contribution is 8.00. The Labute approximate surface area is 101 Å². The summed E-state index contributed by atoms with van der Waals surface area (Å²) in [7, 11) is 0. The van der Waals surface area contributed by atoms with Gasteiger partial charge in [0.1, 0.15) is 0 Å². The van der Waals surface area contributed by atoms with Gasteiger partial charge >= 0.3 is 0 Å². The number of anilines is 1. The van der Waals surface area contributed by atoms with Gasteiger partial charge in [-0.25, -0.2) is 0 Å². The Morgan fingerprint density at radius 1 is 1.47 bits per heavy atom. The predicted octanol–water partition coefficient (Wildman–Crippen LogP) is 3.37. The molecule has 0 saturated carbocycles. The summed E-state index contributed by atoms with van der Waals surface area (Å²) in [6.45, 7) is 4.57. The second kappa shape index (κ2) is 5.13. The summed E-state index contributed by atoms with van der Waals surface area (Å²) in [5.74, 6) is 1.83. The van der Waals surface area contributed by atoms with Crippen LogP contribution in [0.4, 0.5) is 5.69 Å². The Kier molecular flexibility index (Phi) is 3.81. The molecule has 0 radical (unpaired) electrons. The van der Waals surface area contributed by atoms with Crippen molar-refractivity contribution in [3.05, 3.63) is 29.8 Å². The van der Waals surface area contributed by atoms with Gasteiger partial charge in [0.25, 0.3) is 0 Å². The molecule has 1 saturated heterocycles. The molecule has 0 bridgehead atoms. The van der Waals surface area contributed by atoms with E-state index >= 15 is 0 Å². The van der Waals surface area contributed by atoms with Gasteiger partial charge in [-0.3, -0.25) is 0 Å². The predicted molar refractivity (Wildman–Crippen MR) is 70.1 cm³/mol. The molecule has 3 heteroatoms. The molecule has 1 aromatic carbocycles. The van der Waals surface area contributed by atoms with E-state index in [-0.39, 0.29) is 0 Å². The van der Waals surface area contributed by atoms with E-state index < -0.39 is 0 Å².